The number of nitrogens with one attached hydrogen (secondary N) is 1. The van der Waals surface area contributed by atoms with Crippen molar-refractivity contribution in [2.24, 2.45) is 0 Å². The molecule has 39 heavy (non-hydrogen) atoms. The molecule has 0 saturated heterocycles. The number of nitrogens with zero attached hydrogens (tertiary/aromatic N) is 3. The van der Waals surface area contributed by atoms with Gasteiger partial charge in [-0.1, -0.05) is 29.8 Å². The SMILES string of the molecule is CCOc1ccc(Cn2cc(NC(=O)c3ccc(COc4ccc([N+](=O)[O-])cc4Cl)cc3)cn2)cc1OCC. The Hall–Kier alpha value is -4.57. The molecule has 3 aromatic carbocycles. The molecule has 1 N–H and O–H groups in total. The Morgan fingerprint density at radius 3 is 2.33 bits per heavy atom. The third-order valence-corrected chi connectivity index (χ3v) is 5.88. The average Bonchev–Trinajstić information content (AvgIpc) is 3.36. The summed E-state index contributed by atoms with van der Waals surface area (Å²) in [6, 6.07) is 16.7. The molecule has 11 heteroatoms. The fraction of sp³-hybridized carbons (Fsp3) is 0.214. The summed E-state index contributed by atoms with van der Waals surface area (Å²) in [7, 11) is 0. The van der Waals surface area contributed by atoms with E-state index in [1.165, 1.54) is 18.2 Å². The minimum absolute atomic E-state index is 0.111. The van der Waals surface area contributed by atoms with Crippen LogP contribution < -0.4 is 19.5 Å². The lowest BCUT2D eigenvalue weighted by Gasteiger charge is -2.12. The molecule has 1 heterocycles. The van der Waals surface area contributed by atoms with Gasteiger partial charge in [-0.05, 0) is 55.3 Å². The van der Waals surface area contributed by atoms with Gasteiger partial charge in [0.2, 0.25) is 0 Å². The number of carbonyl (C=O) groups is 1. The molecule has 1 amide bonds. The lowest BCUT2D eigenvalue weighted by molar-refractivity contribution is -0.384. The smallest absolute Gasteiger partial charge is 0.271 e. The van der Waals surface area contributed by atoms with E-state index in [-0.39, 0.29) is 23.2 Å². The fourth-order valence-corrected chi connectivity index (χ4v) is 3.96. The zero-order valence-electron chi connectivity index (χ0n) is 21.4. The van der Waals surface area contributed by atoms with Gasteiger partial charge in [-0.2, -0.15) is 5.10 Å². The van der Waals surface area contributed by atoms with Crippen molar-refractivity contribution in [1.82, 2.24) is 9.78 Å². The highest BCUT2D eigenvalue weighted by molar-refractivity contribution is 6.32. The van der Waals surface area contributed by atoms with Crippen LogP contribution in [0.2, 0.25) is 5.02 Å². The zero-order chi connectivity index (χ0) is 27.8. The van der Waals surface area contributed by atoms with E-state index in [1.807, 2.05) is 32.0 Å². The number of non-ortho nitro benzene ring substituents is 1. The summed E-state index contributed by atoms with van der Waals surface area (Å²) in [6.45, 7) is 5.61. The molecule has 4 rings (SSSR count). The normalized spacial score (nSPS) is 10.6. The third-order valence-electron chi connectivity index (χ3n) is 5.58. The Kier molecular flexibility index (Phi) is 9.01. The van der Waals surface area contributed by atoms with Crippen LogP contribution in [0.25, 0.3) is 0 Å². The molecule has 4 aromatic rings. The number of carbonyl (C=O) groups excluding carboxylic acids is 1. The van der Waals surface area contributed by atoms with Gasteiger partial charge in [-0.3, -0.25) is 19.6 Å². The topological polar surface area (TPSA) is 118 Å². The van der Waals surface area contributed by atoms with Crippen LogP contribution in [0.4, 0.5) is 11.4 Å². The number of nitro benzene ring substituents is 1. The molecule has 0 aliphatic carbocycles. The second-order valence-electron chi connectivity index (χ2n) is 8.39. The predicted octanol–water partition coefficient (Wildman–Crippen LogP) is 6.12. The van der Waals surface area contributed by atoms with Gasteiger partial charge in [-0.25, -0.2) is 0 Å². The zero-order valence-corrected chi connectivity index (χ0v) is 22.2. The first-order valence-electron chi connectivity index (χ1n) is 12.2. The number of hydrogen-bond acceptors (Lipinski definition) is 7. The first kappa shape index (κ1) is 27.5. The molecule has 0 spiro atoms. The van der Waals surface area contributed by atoms with Crippen LogP contribution in [0.15, 0.2) is 73.1 Å². The Balaban J connectivity index is 1.33. The van der Waals surface area contributed by atoms with E-state index in [0.29, 0.717) is 48.3 Å². The van der Waals surface area contributed by atoms with E-state index in [9.17, 15) is 14.9 Å². The van der Waals surface area contributed by atoms with Crippen molar-refractivity contribution in [3.8, 4) is 17.2 Å². The van der Waals surface area contributed by atoms with Gasteiger partial charge in [-0.15, -0.1) is 0 Å². The molecule has 1 aromatic heterocycles. The van der Waals surface area contributed by atoms with Crippen molar-refractivity contribution >= 4 is 28.9 Å². The minimum Gasteiger partial charge on any atom is -0.490 e. The standard InChI is InChI=1S/C28H27ClN4O6/c1-3-37-26-11-7-20(13-27(26)38-4-2)16-32-17-22(15-30-32)31-28(34)21-8-5-19(6-9-21)18-39-25-12-10-23(33(35)36)14-24(25)29/h5-15,17H,3-4,16,18H2,1-2H3,(H,31,34). The number of ether oxygens (including phenoxy) is 3. The van der Waals surface area contributed by atoms with Gasteiger partial charge >= 0.3 is 0 Å². The van der Waals surface area contributed by atoms with E-state index < -0.39 is 4.92 Å². The number of anilines is 1. The van der Waals surface area contributed by atoms with Crippen LogP contribution in [0.1, 0.15) is 35.3 Å². The molecular weight excluding hydrogens is 524 g/mol. The molecule has 202 valence electrons. The Labute approximate surface area is 230 Å². The van der Waals surface area contributed by atoms with E-state index in [2.05, 4.69) is 10.4 Å². The molecule has 0 bridgehead atoms. The highest BCUT2D eigenvalue weighted by Crippen LogP contribution is 2.30. The number of hydrogen-bond donors (Lipinski definition) is 1. The maximum absolute atomic E-state index is 12.7. The van der Waals surface area contributed by atoms with Gasteiger partial charge in [0.15, 0.2) is 11.5 Å². The maximum Gasteiger partial charge on any atom is 0.271 e. The van der Waals surface area contributed by atoms with E-state index in [0.717, 1.165) is 11.1 Å². The summed E-state index contributed by atoms with van der Waals surface area (Å²) in [5.41, 5.74) is 2.70. The molecule has 0 atom stereocenters. The van der Waals surface area contributed by atoms with Gasteiger partial charge in [0.05, 0.1) is 41.6 Å². The Morgan fingerprint density at radius 2 is 1.64 bits per heavy atom. The number of rotatable bonds is 12. The second kappa shape index (κ2) is 12.8. The molecule has 0 saturated carbocycles. The van der Waals surface area contributed by atoms with Gasteiger partial charge < -0.3 is 19.5 Å². The van der Waals surface area contributed by atoms with Gasteiger partial charge in [0.1, 0.15) is 12.4 Å². The van der Waals surface area contributed by atoms with E-state index in [1.54, 1.807) is 41.3 Å². The Bertz CT molecular complexity index is 1450. The molecule has 0 unspecified atom stereocenters. The lowest BCUT2D eigenvalue weighted by Crippen LogP contribution is -2.11. The lowest BCUT2D eigenvalue weighted by atomic mass is 10.1. The average molecular weight is 551 g/mol. The maximum atomic E-state index is 12.7. The van der Waals surface area contributed by atoms with Gasteiger partial charge in [0, 0.05) is 23.9 Å². The molecule has 0 fully saturated rings. The summed E-state index contributed by atoms with van der Waals surface area (Å²) in [6.07, 6.45) is 3.34. The summed E-state index contributed by atoms with van der Waals surface area (Å²) in [4.78, 5) is 23.1. The van der Waals surface area contributed by atoms with Crippen LogP contribution in [-0.2, 0) is 13.2 Å². The quantitative estimate of drug-likeness (QED) is 0.167. The summed E-state index contributed by atoms with van der Waals surface area (Å²) < 4.78 is 18.7. The van der Waals surface area contributed by atoms with E-state index in [4.69, 9.17) is 25.8 Å². The minimum atomic E-state index is -0.523. The van der Waals surface area contributed by atoms with Crippen LogP contribution in [0.3, 0.4) is 0 Å². The molecular formula is C28H27ClN4O6. The van der Waals surface area contributed by atoms with Gasteiger partial charge in [0.25, 0.3) is 11.6 Å². The third kappa shape index (κ3) is 7.26. The predicted molar refractivity (Wildman–Crippen MR) is 147 cm³/mol. The summed E-state index contributed by atoms with van der Waals surface area (Å²) >= 11 is 6.07. The van der Waals surface area contributed by atoms with Crippen molar-refractivity contribution in [2.75, 3.05) is 18.5 Å². The van der Waals surface area contributed by atoms with Crippen LogP contribution in [0.5, 0.6) is 17.2 Å². The summed E-state index contributed by atoms with van der Waals surface area (Å²) in [5.74, 6) is 1.44. The first-order chi connectivity index (χ1) is 18.9. The van der Waals surface area contributed by atoms with Crippen molar-refractivity contribution in [3.05, 3.63) is 105 Å². The summed E-state index contributed by atoms with van der Waals surface area (Å²) in [5, 5.41) is 18.2. The number of halogens is 1. The van der Waals surface area contributed by atoms with Crippen molar-refractivity contribution < 1.29 is 23.9 Å². The highest BCUT2D eigenvalue weighted by Gasteiger charge is 2.12. The molecule has 0 aliphatic rings. The highest BCUT2D eigenvalue weighted by atomic mass is 35.5. The molecule has 0 radical (unpaired) electrons. The molecule has 10 nitrogen and oxygen atoms in total. The Morgan fingerprint density at radius 1 is 0.949 bits per heavy atom. The first-order valence-corrected chi connectivity index (χ1v) is 12.6. The number of amides is 1. The molecule has 0 aliphatic heterocycles. The van der Waals surface area contributed by atoms with Crippen molar-refractivity contribution in [1.29, 1.82) is 0 Å². The van der Waals surface area contributed by atoms with Crippen LogP contribution in [0, 0.1) is 10.1 Å². The van der Waals surface area contributed by atoms with Crippen LogP contribution >= 0.6 is 11.6 Å². The van der Waals surface area contributed by atoms with Crippen LogP contribution in [-0.4, -0.2) is 33.8 Å². The number of benzene rings is 3. The van der Waals surface area contributed by atoms with Crippen molar-refractivity contribution in [2.45, 2.75) is 27.0 Å². The second-order valence-corrected chi connectivity index (χ2v) is 8.79. The number of aromatic nitrogens is 2. The largest absolute Gasteiger partial charge is 0.490 e. The van der Waals surface area contributed by atoms with E-state index >= 15 is 0 Å². The van der Waals surface area contributed by atoms with Crippen molar-refractivity contribution in [3.63, 3.8) is 0 Å². The monoisotopic (exact) mass is 550 g/mol. The number of nitro groups is 1. The fourth-order valence-electron chi connectivity index (χ4n) is 3.73.